The molecule has 1 saturated carbocycles. The third-order valence-electron chi connectivity index (χ3n) is 3.62. The molecule has 1 aromatic carbocycles. The highest BCUT2D eigenvalue weighted by molar-refractivity contribution is 9.10. The number of benzene rings is 1. The second kappa shape index (κ2) is 6.37. The molecule has 0 heterocycles. The van der Waals surface area contributed by atoms with Gasteiger partial charge in [-0.1, -0.05) is 19.4 Å². The molecule has 0 saturated heterocycles. The molecule has 0 aliphatic heterocycles. The van der Waals surface area contributed by atoms with E-state index in [1.54, 1.807) is 12.1 Å². The highest BCUT2D eigenvalue weighted by Crippen LogP contribution is 2.24. The van der Waals surface area contributed by atoms with E-state index in [1.807, 2.05) is 0 Å². The van der Waals surface area contributed by atoms with Gasteiger partial charge in [-0.15, -0.1) is 0 Å². The Morgan fingerprint density at radius 2 is 2.26 bits per heavy atom. The second-order valence-electron chi connectivity index (χ2n) is 5.09. The van der Waals surface area contributed by atoms with Gasteiger partial charge in [0, 0.05) is 12.6 Å². The van der Waals surface area contributed by atoms with Crippen LogP contribution in [0.1, 0.15) is 31.7 Å². The van der Waals surface area contributed by atoms with E-state index in [0.717, 1.165) is 12.0 Å². The van der Waals surface area contributed by atoms with Gasteiger partial charge >= 0.3 is 6.03 Å². The van der Waals surface area contributed by atoms with Crippen LogP contribution in [0.5, 0.6) is 0 Å². The van der Waals surface area contributed by atoms with E-state index in [4.69, 9.17) is 0 Å². The first kappa shape index (κ1) is 14.3. The topological polar surface area (TPSA) is 41.1 Å². The normalized spacial score (nSPS) is 22.3. The standard InChI is InChI=1S/C14H18BrFN2O/c1-9-3-2-4-13(9)18-14(19)17-8-10-5-6-11(15)12(16)7-10/h5-7,9,13H,2-4,8H2,1H3,(H2,17,18,19). The van der Waals surface area contributed by atoms with Crippen LogP contribution in [-0.2, 0) is 6.54 Å². The molecule has 104 valence electrons. The third-order valence-corrected chi connectivity index (χ3v) is 4.26. The number of carbonyl (C=O) groups excluding carboxylic acids is 1. The summed E-state index contributed by atoms with van der Waals surface area (Å²) in [7, 11) is 0. The summed E-state index contributed by atoms with van der Waals surface area (Å²) in [6.45, 7) is 2.49. The van der Waals surface area contributed by atoms with E-state index in [1.165, 1.54) is 18.9 Å². The van der Waals surface area contributed by atoms with Gasteiger partial charge in [0.25, 0.3) is 0 Å². The van der Waals surface area contributed by atoms with Gasteiger partial charge in [-0.3, -0.25) is 0 Å². The number of rotatable bonds is 3. The summed E-state index contributed by atoms with van der Waals surface area (Å²) in [5.74, 6) is 0.222. The largest absolute Gasteiger partial charge is 0.335 e. The van der Waals surface area contributed by atoms with Crippen LogP contribution in [-0.4, -0.2) is 12.1 Å². The summed E-state index contributed by atoms with van der Waals surface area (Å²) in [6.07, 6.45) is 3.38. The zero-order chi connectivity index (χ0) is 13.8. The molecular weight excluding hydrogens is 311 g/mol. The number of amides is 2. The van der Waals surface area contributed by atoms with Crippen molar-refractivity contribution < 1.29 is 9.18 Å². The highest BCUT2D eigenvalue weighted by atomic mass is 79.9. The summed E-state index contributed by atoms with van der Waals surface area (Å²) in [4.78, 5) is 11.7. The molecule has 5 heteroatoms. The van der Waals surface area contributed by atoms with Crippen LogP contribution in [0, 0.1) is 11.7 Å². The van der Waals surface area contributed by atoms with Gasteiger partial charge in [0.15, 0.2) is 0 Å². The summed E-state index contributed by atoms with van der Waals surface area (Å²) in [5, 5.41) is 5.73. The van der Waals surface area contributed by atoms with Crippen molar-refractivity contribution in [2.45, 2.75) is 38.8 Å². The molecule has 2 rings (SSSR count). The number of urea groups is 1. The van der Waals surface area contributed by atoms with Crippen LogP contribution in [0.25, 0.3) is 0 Å². The molecule has 1 aliphatic rings. The molecule has 0 bridgehead atoms. The van der Waals surface area contributed by atoms with Crippen molar-refractivity contribution in [3.63, 3.8) is 0 Å². The monoisotopic (exact) mass is 328 g/mol. The van der Waals surface area contributed by atoms with Crippen LogP contribution in [0.15, 0.2) is 22.7 Å². The van der Waals surface area contributed by atoms with Gasteiger partial charge in [-0.05, 0) is 52.4 Å². The Labute approximate surface area is 121 Å². The first-order valence-corrected chi connectivity index (χ1v) is 7.34. The number of hydrogen-bond acceptors (Lipinski definition) is 1. The number of carbonyl (C=O) groups is 1. The molecule has 0 spiro atoms. The zero-order valence-corrected chi connectivity index (χ0v) is 12.5. The van der Waals surface area contributed by atoms with Crippen molar-refractivity contribution in [3.05, 3.63) is 34.1 Å². The molecule has 3 nitrogen and oxygen atoms in total. The molecule has 2 N–H and O–H groups in total. The van der Waals surface area contributed by atoms with Crippen molar-refractivity contribution in [3.8, 4) is 0 Å². The van der Waals surface area contributed by atoms with Gasteiger partial charge in [0.2, 0.25) is 0 Å². The Bertz CT molecular complexity index is 467. The second-order valence-corrected chi connectivity index (χ2v) is 5.94. The van der Waals surface area contributed by atoms with Gasteiger partial charge < -0.3 is 10.6 Å². The highest BCUT2D eigenvalue weighted by Gasteiger charge is 2.24. The van der Waals surface area contributed by atoms with Crippen LogP contribution in [0.4, 0.5) is 9.18 Å². The van der Waals surface area contributed by atoms with Crippen LogP contribution < -0.4 is 10.6 Å². The molecule has 0 aromatic heterocycles. The minimum atomic E-state index is -0.316. The summed E-state index contributed by atoms with van der Waals surface area (Å²) >= 11 is 3.10. The van der Waals surface area contributed by atoms with E-state index in [9.17, 15) is 9.18 Å². The smallest absolute Gasteiger partial charge is 0.315 e. The van der Waals surface area contributed by atoms with Crippen LogP contribution in [0.2, 0.25) is 0 Å². The molecular formula is C14H18BrFN2O. The number of halogens is 2. The van der Waals surface area contributed by atoms with Gasteiger partial charge in [0.1, 0.15) is 5.82 Å². The van der Waals surface area contributed by atoms with Crippen molar-refractivity contribution in [1.82, 2.24) is 10.6 Å². The minimum absolute atomic E-state index is 0.179. The fourth-order valence-electron chi connectivity index (χ4n) is 2.41. The molecule has 1 aliphatic carbocycles. The molecule has 0 radical (unpaired) electrons. The summed E-state index contributed by atoms with van der Waals surface area (Å²) in [5.41, 5.74) is 0.746. The number of hydrogen-bond donors (Lipinski definition) is 2. The lowest BCUT2D eigenvalue weighted by Gasteiger charge is -2.17. The maximum absolute atomic E-state index is 13.3. The van der Waals surface area contributed by atoms with Crippen LogP contribution in [0.3, 0.4) is 0 Å². The fourth-order valence-corrected chi connectivity index (χ4v) is 2.66. The van der Waals surface area contributed by atoms with Crippen LogP contribution >= 0.6 is 15.9 Å². The van der Waals surface area contributed by atoms with Gasteiger partial charge in [0.05, 0.1) is 4.47 Å². The van der Waals surface area contributed by atoms with Crippen molar-refractivity contribution in [2.75, 3.05) is 0 Å². The quantitative estimate of drug-likeness (QED) is 0.874. The van der Waals surface area contributed by atoms with Gasteiger partial charge in [-0.2, -0.15) is 0 Å². The Morgan fingerprint density at radius 1 is 1.47 bits per heavy atom. The molecule has 19 heavy (non-hydrogen) atoms. The maximum atomic E-state index is 13.3. The Balaban J connectivity index is 1.81. The van der Waals surface area contributed by atoms with E-state index in [2.05, 4.69) is 33.5 Å². The van der Waals surface area contributed by atoms with E-state index < -0.39 is 0 Å². The molecule has 1 aromatic rings. The first-order valence-electron chi connectivity index (χ1n) is 6.54. The van der Waals surface area contributed by atoms with Crippen molar-refractivity contribution in [1.29, 1.82) is 0 Å². The third kappa shape index (κ3) is 3.93. The molecule has 2 unspecified atom stereocenters. The lowest BCUT2D eigenvalue weighted by atomic mass is 10.1. The molecule has 2 atom stereocenters. The SMILES string of the molecule is CC1CCCC1NC(=O)NCc1ccc(Br)c(F)c1. The predicted octanol–water partition coefficient (Wildman–Crippen LogP) is 3.58. The van der Waals surface area contributed by atoms with Crippen molar-refractivity contribution in [2.24, 2.45) is 5.92 Å². The lowest BCUT2D eigenvalue weighted by molar-refractivity contribution is 0.234. The maximum Gasteiger partial charge on any atom is 0.315 e. The Morgan fingerprint density at radius 3 is 2.89 bits per heavy atom. The van der Waals surface area contributed by atoms with E-state index in [0.29, 0.717) is 16.9 Å². The minimum Gasteiger partial charge on any atom is -0.335 e. The first-order chi connectivity index (χ1) is 9.06. The average Bonchev–Trinajstić information content (AvgIpc) is 2.77. The number of nitrogens with one attached hydrogen (secondary N) is 2. The van der Waals surface area contributed by atoms with E-state index in [-0.39, 0.29) is 17.9 Å². The predicted molar refractivity (Wildman–Crippen MR) is 76.3 cm³/mol. The molecule has 1 fully saturated rings. The van der Waals surface area contributed by atoms with E-state index >= 15 is 0 Å². The average molecular weight is 329 g/mol. The zero-order valence-electron chi connectivity index (χ0n) is 10.9. The van der Waals surface area contributed by atoms with Gasteiger partial charge in [-0.25, -0.2) is 9.18 Å². The lowest BCUT2D eigenvalue weighted by Crippen LogP contribution is -2.42. The Hall–Kier alpha value is -1.10. The summed E-state index contributed by atoms with van der Waals surface area (Å²) in [6, 6.07) is 4.93. The summed E-state index contributed by atoms with van der Waals surface area (Å²) < 4.78 is 13.7. The Kier molecular flexibility index (Phi) is 4.80. The molecule has 2 amide bonds. The van der Waals surface area contributed by atoms with Crippen molar-refractivity contribution >= 4 is 22.0 Å². The fraction of sp³-hybridized carbons (Fsp3) is 0.500.